The average Bonchev–Trinajstić information content (AvgIpc) is 2.18. The quantitative estimate of drug-likeness (QED) is 0.680. The van der Waals surface area contributed by atoms with E-state index in [1.54, 1.807) is 0 Å². The molecular formula is C11H24N2S. The molecule has 0 saturated carbocycles. The molecule has 0 amide bonds. The van der Waals surface area contributed by atoms with Crippen molar-refractivity contribution >= 4 is 11.8 Å². The highest BCUT2D eigenvalue weighted by atomic mass is 32.2. The van der Waals surface area contributed by atoms with Gasteiger partial charge in [-0.3, -0.25) is 0 Å². The second kappa shape index (κ2) is 7.55. The summed E-state index contributed by atoms with van der Waals surface area (Å²) in [5.41, 5.74) is 0. The van der Waals surface area contributed by atoms with E-state index in [2.05, 4.69) is 35.8 Å². The Hall–Kier alpha value is 0.270. The summed E-state index contributed by atoms with van der Waals surface area (Å²) in [7, 11) is 0. The maximum atomic E-state index is 3.49. The van der Waals surface area contributed by atoms with Gasteiger partial charge in [0.1, 0.15) is 0 Å². The third-order valence-electron chi connectivity index (χ3n) is 2.48. The van der Waals surface area contributed by atoms with Crippen molar-refractivity contribution in [2.45, 2.75) is 20.3 Å². The predicted octanol–water partition coefficient (Wildman–Crippen LogP) is 1.67. The van der Waals surface area contributed by atoms with E-state index in [9.17, 15) is 0 Å². The Morgan fingerprint density at radius 2 is 2.00 bits per heavy atom. The minimum atomic E-state index is 0.779. The number of hydrogen-bond donors (Lipinski definition) is 1. The molecule has 1 aliphatic rings. The summed E-state index contributed by atoms with van der Waals surface area (Å²) in [6.07, 6.45) is 1.30. The fraction of sp³-hybridized carbons (Fsp3) is 1.00. The molecule has 1 aliphatic heterocycles. The van der Waals surface area contributed by atoms with Crippen LogP contribution in [0.5, 0.6) is 0 Å². The summed E-state index contributed by atoms with van der Waals surface area (Å²) in [6.45, 7) is 10.7. The van der Waals surface area contributed by atoms with Crippen molar-refractivity contribution in [2.75, 3.05) is 44.2 Å². The van der Waals surface area contributed by atoms with Crippen LogP contribution in [-0.2, 0) is 0 Å². The van der Waals surface area contributed by atoms with Gasteiger partial charge < -0.3 is 10.2 Å². The molecule has 0 aromatic rings. The van der Waals surface area contributed by atoms with E-state index in [1.807, 2.05) is 0 Å². The van der Waals surface area contributed by atoms with Gasteiger partial charge in [0.15, 0.2) is 0 Å². The maximum Gasteiger partial charge on any atom is 0.00727 e. The van der Waals surface area contributed by atoms with E-state index in [0.29, 0.717) is 0 Å². The van der Waals surface area contributed by atoms with Crippen molar-refractivity contribution in [2.24, 2.45) is 5.92 Å². The van der Waals surface area contributed by atoms with Gasteiger partial charge in [-0.1, -0.05) is 13.8 Å². The van der Waals surface area contributed by atoms with Crippen LogP contribution in [0.15, 0.2) is 0 Å². The number of nitrogens with one attached hydrogen (secondary N) is 1. The Labute approximate surface area is 92.8 Å². The fourth-order valence-electron chi connectivity index (χ4n) is 1.64. The van der Waals surface area contributed by atoms with Crippen LogP contribution in [0.25, 0.3) is 0 Å². The minimum absolute atomic E-state index is 0.779. The molecule has 0 bridgehead atoms. The van der Waals surface area contributed by atoms with Crippen molar-refractivity contribution in [1.82, 2.24) is 10.2 Å². The molecule has 14 heavy (non-hydrogen) atoms. The molecule has 1 rings (SSSR count). The lowest BCUT2D eigenvalue weighted by Gasteiger charge is -2.26. The van der Waals surface area contributed by atoms with Crippen LogP contribution in [0, 0.1) is 5.92 Å². The standard InChI is InChI=1S/C11H24N2S/c1-11(2)10-12-4-3-5-13-6-8-14-9-7-13/h11-12H,3-10H2,1-2H3. The highest BCUT2D eigenvalue weighted by molar-refractivity contribution is 7.99. The summed E-state index contributed by atoms with van der Waals surface area (Å²) < 4.78 is 0. The highest BCUT2D eigenvalue weighted by Gasteiger charge is 2.08. The number of rotatable bonds is 6. The van der Waals surface area contributed by atoms with E-state index in [0.717, 1.165) is 12.5 Å². The van der Waals surface area contributed by atoms with Gasteiger partial charge in [-0.25, -0.2) is 0 Å². The van der Waals surface area contributed by atoms with Gasteiger partial charge in [0.25, 0.3) is 0 Å². The molecule has 1 N–H and O–H groups in total. The molecule has 3 heteroatoms. The smallest absolute Gasteiger partial charge is 0.00727 e. The first kappa shape index (κ1) is 12.3. The van der Waals surface area contributed by atoms with Gasteiger partial charge in [0, 0.05) is 24.6 Å². The summed E-state index contributed by atoms with van der Waals surface area (Å²) in [4.78, 5) is 2.59. The van der Waals surface area contributed by atoms with Crippen LogP contribution < -0.4 is 5.32 Å². The molecule has 0 radical (unpaired) electrons. The minimum Gasteiger partial charge on any atom is -0.316 e. The van der Waals surface area contributed by atoms with E-state index in [4.69, 9.17) is 0 Å². The van der Waals surface area contributed by atoms with Gasteiger partial charge in [-0.05, 0) is 32.0 Å². The predicted molar refractivity (Wildman–Crippen MR) is 66.1 cm³/mol. The Morgan fingerprint density at radius 1 is 1.29 bits per heavy atom. The topological polar surface area (TPSA) is 15.3 Å². The summed E-state index contributed by atoms with van der Waals surface area (Å²) in [5, 5.41) is 3.49. The molecule has 0 atom stereocenters. The number of thioether (sulfide) groups is 1. The van der Waals surface area contributed by atoms with Crippen molar-refractivity contribution in [3.63, 3.8) is 0 Å². The van der Waals surface area contributed by atoms with Crippen molar-refractivity contribution < 1.29 is 0 Å². The molecule has 1 heterocycles. The zero-order valence-corrected chi connectivity index (χ0v) is 10.4. The zero-order valence-electron chi connectivity index (χ0n) is 9.59. The third-order valence-corrected chi connectivity index (χ3v) is 3.43. The second-order valence-electron chi connectivity index (χ2n) is 4.41. The van der Waals surface area contributed by atoms with Crippen LogP contribution in [0.3, 0.4) is 0 Å². The highest BCUT2D eigenvalue weighted by Crippen LogP contribution is 2.08. The lowest BCUT2D eigenvalue weighted by molar-refractivity contribution is 0.296. The van der Waals surface area contributed by atoms with Crippen LogP contribution in [0.1, 0.15) is 20.3 Å². The molecule has 84 valence electrons. The van der Waals surface area contributed by atoms with Crippen LogP contribution in [0.2, 0.25) is 0 Å². The van der Waals surface area contributed by atoms with Gasteiger partial charge in [-0.15, -0.1) is 0 Å². The van der Waals surface area contributed by atoms with E-state index in [-0.39, 0.29) is 0 Å². The summed E-state index contributed by atoms with van der Waals surface area (Å²) >= 11 is 2.09. The normalized spacial score (nSPS) is 19.1. The third kappa shape index (κ3) is 5.89. The van der Waals surface area contributed by atoms with Gasteiger partial charge in [-0.2, -0.15) is 11.8 Å². The van der Waals surface area contributed by atoms with Crippen LogP contribution in [0.4, 0.5) is 0 Å². The zero-order chi connectivity index (χ0) is 10.2. The first-order valence-electron chi connectivity index (χ1n) is 5.80. The van der Waals surface area contributed by atoms with Crippen LogP contribution >= 0.6 is 11.8 Å². The second-order valence-corrected chi connectivity index (χ2v) is 5.63. The first-order valence-corrected chi connectivity index (χ1v) is 6.95. The van der Waals surface area contributed by atoms with E-state index >= 15 is 0 Å². The Kier molecular flexibility index (Phi) is 6.65. The molecule has 1 saturated heterocycles. The Morgan fingerprint density at radius 3 is 2.64 bits per heavy atom. The molecule has 1 fully saturated rings. The van der Waals surface area contributed by atoms with Crippen molar-refractivity contribution in [1.29, 1.82) is 0 Å². The monoisotopic (exact) mass is 216 g/mol. The molecular weight excluding hydrogens is 192 g/mol. The molecule has 0 unspecified atom stereocenters. The number of nitrogens with zero attached hydrogens (tertiary/aromatic N) is 1. The van der Waals surface area contributed by atoms with Crippen molar-refractivity contribution in [3.05, 3.63) is 0 Å². The summed E-state index contributed by atoms with van der Waals surface area (Å²) in [6, 6.07) is 0. The Bertz CT molecular complexity index is 133. The van der Waals surface area contributed by atoms with Crippen LogP contribution in [-0.4, -0.2) is 49.1 Å². The van der Waals surface area contributed by atoms with Gasteiger partial charge in [0.2, 0.25) is 0 Å². The Balaban J connectivity index is 1.87. The van der Waals surface area contributed by atoms with E-state index in [1.165, 1.54) is 44.1 Å². The largest absolute Gasteiger partial charge is 0.316 e. The average molecular weight is 216 g/mol. The molecule has 0 aromatic carbocycles. The lowest BCUT2D eigenvalue weighted by Crippen LogP contribution is -2.34. The molecule has 0 aromatic heterocycles. The SMILES string of the molecule is CC(C)CNCCCN1CCSCC1. The molecule has 2 nitrogen and oxygen atoms in total. The van der Waals surface area contributed by atoms with Crippen molar-refractivity contribution in [3.8, 4) is 0 Å². The maximum absolute atomic E-state index is 3.49. The summed E-state index contributed by atoms with van der Waals surface area (Å²) in [5.74, 6) is 3.44. The lowest BCUT2D eigenvalue weighted by atomic mass is 10.2. The fourth-order valence-corrected chi connectivity index (χ4v) is 2.62. The first-order chi connectivity index (χ1) is 6.79. The van der Waals surface area contributed by atoms with Gasteiger partial charge in [0.05, 0.1) is 0 Å². The van der Waals surface area contributed by atoms with Gasteiger partial charge >= 0.3 is 0 Å². The molecule has 0 aliphatic carbocycles. The van der Waals surface area contributed by atoms with E-state index < -0.39 is 0 Å². The molecule has 0 spiro atoms. The number of hydrogen-bond acceptors (Lipinski definition) is 3.